The Bertz CT molecular complexity index is 2600. The molecule has 1 heterocycles. The van der Waals surface area contributed by atoms with Gasteiger partial charge in [-0.25, -0.2) is 43.5 Å². The predicted molar refractivity (Wildman–Crippen MR) is 292 cm³/mol. The summed E-state index contributed by atoms with van der Waals surface area (Å²) < 4.78 is 203. The van der Waals surface area contributed by atoms with Gasteiger partial charge in [-0.05, 0) is 101 Å². The molecule has 1 aliphatic rings. The van der Waals surface area contributed by atoms with E-state index in [1.54, 1.807) is 21.3 Å². The minimum Gasteiger partial charge on any atom is -0.774 e. The van der Waals surface area contributed by atoms with Crippen molar-refractivity contribution in [1.29, 1.82) is 0 Å². The van der Waals surface area contributed by atoms with Crippen LogP contribution < -0.4 is 59.1 Å². The third-order valence-electron chi connectivity index (χ3n) is 11.5. The summed E-state index contributed by atoms with van der Waals surface area (Å²) in [4.78, 5) is -2.04. The van der Waals surface area contributed by atoms with E-state index in [0.29, 0.717) is 62.6 Å². The molecule has 0 radical (unpaired) electrons. The molecule has 0 aliphatic carbocycles. The second-order valence-electron chi connectivity index (χ2n) is 16.1. The summed E-state index contributed by atoms with van der Waals surface area (Å²) in [6, 6.07) is 16.1. The Balaban J connectivity index is 0. The molecule has 0 N–H and O–H groups in total. The van der Waals surface area contributed by atoms with Crippen LogP contribution in [0.25, 0.3) is 0 Å². The topological polar surface area (TPSA) is 156 Å². The molecule has 0 spiro atoms. The molecule has 2 unspecified atom stereocenters. The van der Waals surface area contributed by atoms with Crippen LogP contribution in [0.2, 0.25) is 12.1 Å². The van der Waals surface area contributed by atoms with Gasteiger partial charge in [0.05, 0.1) is 38.1 Å². The van der Waals surface area contributed by atoms with E-state index in [-0.39, 0.29) is 112 Å². The zero-order valence-corrected chi connectivity index (χ0v) is 53.8. The van der Waals surface area contributed by atoms with Crippen LogP contribution in [-0.2, 0) is 89.3 Å². The van der Waals surface area contributed by atoms with Crippen LogP contribution in [0, 0.1) is 46.5 Å². The van der Waals surface area contributed by atoms with Gasteiger partial charge in [0.1, 0.15) is 11.6 Å². The van der Waals surface area contributed by atoms with Crippen molar-refractivity contribution in [3.8, 4) is 0 Å². The molecular weight excluding hydrogens is 1250 g/mol. The van der Waals surface area contributed by atoms with Crippen LogP contribution >= 0.6 is 35.0 Å². The summed E-state index contributed by atoms with van der Waals surface area (Å²) in [5, 5.41) is -2.59. The van der Waals surface area contributed by atoms with E-state index in [1.807, 2.05) is 48.5 Å². The summed E-state index contributed by atoms with van der Waals surface area (Å²) in [5.41, 5.74) is 1.96. The van der Waals surface area contributed by atoms with Gasteiger partial charge in [-0.15, -0.1) is 35.0 Å². The van der Waals surface area contributed by atoms with Crippen molar-refractivity contribution < 1.29 is 146 Å². The van der Waals surface area contributed by atoms with Crippen molar-refractivity contribution >= 4 is 107 Å². The first-order chi connectivity index (χ1) is 34.8. The van der Waals surface area contributed by atoms with Crippen LogP contribution in [-0.4, -0.2) is 127 Å². The van der Waals surface area contributed by atoms with E-state index in [2.05, 4.69) is 16.8 Å². The van der Waals surface area contributed by atoms with Crippen LogP contribution in [0.1, 0.15) is 69.8 Å². The Morgan fingerprint density at radius 2 is 0.936 bits per heavy atom. The summed E-state index contributed by atoms with van der Waals surface area (Å²) in [6.07, 6.45) is 2.50. The van der Waals surface area contributed by atoms with Gasteiger partial charge in [0, 0.05) is 71.6 Å². The maximum Gasteiger partial charge on any atom is 1.00 e. The SMILES string of the molecule is CO[Si](CCc1ccc(CCC(Cl)c2c(F)c(F)c(SCCCS(=O)(=O)[O-])c(F)c2F)cc1)(OC)OC.CO[Si](CCc1ccc(CCC(Cl)c2c(F)c(F)c([S-])c(F)c2F)cc1)(OC)OC.O=S1(=O)CCCO1.[Na+].[Na+].[SiH4].[SiH4]. The molecule has 12 nitrogen and oxygen atoms in total. The summed E-state index contributed by atoms with van der Waals surface area (Å²) in [7, 11) is -3.67. The van der Waals surface area contributed by atoms with E-state index < -0.39 is 122 Å². The van der Waals surface area contributed by atoms with Gasteiger partial charge >= 0.3 is 76.7 Å². The number of aryl methyl sites for hydroxylation is 4. The second kappa shape index (κ2) is 38.1. The predicted octanol–water partition coefficient (Wildman–Crippen LogP) is 1.93. The van der Waals surface area contributed by atoms with Crippen LogP contribution in [0.4, 0.5) is 35.1 Å². The molecule has 2 atom stereocenters. The fourth-order valence-electron chi connectivity index (χ4n) is 7.15. The quantitative estimate of drug-likeness (QED) is 0.0109. The Labute approximate surface area is 527 Å². The Morgan fingerprint density at radius 3 is 1.21 bits per heavy atom. The fourth-order valence-corrected chi connectivity index (χ4v) is 13.9. The maximum atomic E-state index is 14.6. The first-order valence-corrected chi connectivity index (χ1v) is 31.6. The molecule has 1 aliphatic heterocycles. The molecule has 4 aromatic rings. The van der Waals surface area contributed by atoms with Crippen molar-refractivity contribution in [3.63, 3.8) is 0 Å². The fraction of sp³-hybridized carbons (Fsp3) is 0.478. The standard InChI is InChI=1S/C23H29ClF4O6S2Si.C20H23ClF4O3SSi.C3H6O3S.2Na.2H4Si/c1-32-37(33-2,34-3)14-11-16-7-5-15(6-8-16)9-10-17(24)18-19(25)21(27)23(22(28)20(18)26)35-12-4-13-36(29,30)31;1-26-30(27-2,28-3)11-10-13-6-4-12(5-7-13)8-9-14(21)15-16(22)18(24)20(29)19(25)17(15)23;4-7(5)3-1-2-6-7;;;;/h5-8,17H,4,9-14H2,1-3H3,(H,29,30,31);4-7,14,29H,8-11H2,1-3H3;1-3H2;;;2*1H4/q;;;2*+1;;/p-2. The van der Waals surface area contributed by atoms with E-state index in [1.165, 1.54) is 21.3 Å². The van der Waals surface area contributed by atoms with Gasteiger partial charge in [-0.3, -0.25) is 4.18 Å². The molecule has 0 amide bonds. The largest absolute Gasteiger partial charge is 1.00 e. The third kappa shape index (κ3) is 24.1. The van der Waals surface area contributed by atoms with Gasteiger partial charge in [-0.1, -0.05) is 53.4 Å². The Hall–Kier alpha value is -0.0825. The minimum atomic E-state index is -4.51. The molecule has 432 valence electrons. The first kappa shape index (κ1) is 80.0. The molecule has 1 fully saturated rings. The number of alkyl halides is 2. The summed E-state index contributed by atoms with van der Waals surface area (Å²) in [5.74, 6) is -13.5. The number of rotatable bonds is 25. The van der Waals surface area contributed by atoms with Crippen molar-refractivity contribution in [2.75, 3.05) is 66.5 Å². The van der Waals surface area contributed by atoms with Crippen molar-refractivity contribution in [1.82, 2.24) is 0 Å². The van der Waals surface area contributed by atoms with Crippen LogP contribution in [0.15, 0.2) is 58.3 Å². The zero-order chi connectivity index (χ0) is 55.6. The molecule has 32 heteroatoms. The number of benzene rings is 4. The van der Waals surface area contributed by atoms with E-state index in [9.17, 15) is 56.5 Å². The van der Waals surface area contributed by atoms with Gasteiger partial charge in [-0.2, -0.15) is 8.42 Å². The van der Waals surface area contributed by atoms with Gasteiger partial charge in [0.15, 0.2) is 34.9 Å². The third-order valence-corrected chi connectivity index (χ3v) is 21.4. The maximum absolute atomic E-state index is 14.6. The molecule has 4 aromatic carbocycles. The monoisotopic (exact) mass is 1320 g/mol. The number of halogens is 10. The smallest absolute Gasteiger partial charge is 0.774 e. The van der Waals surface area contributed by atoms with Crippen molar-refractivity contribution in [2.45, 2.75) is 84.0 Å². The molecule has 0 bridgehead atoms. The van der Waals surface area contributed by atoms with E-state index in [0.717, 1.165) is 22.3 Å². The van der Waals surface area contributed by atoms with Crippen LogP contribution in [0.5, 0.6) is 0 Å². The van der Waals surface area contributed by atoms with E-state index in [4.69, 9.17) is 49.8 Å². The van der Waals surface area contributed by atoms with Crippen LogP contribution in [0.3, 0.4) is 0 Å². The van der Waals surface area contributed by atoms with Gasteiger partial charge < -0.3 is 43.7 Å². The number of hydrogen-bond acceptors (Lipinski definition) is 14. The van der Waals surface area contributed by atoms with Gasteiger partial charge in [0.2, 0.25) is 0 Å². The minimum absolute atomic E-state index is 0. The molecule has 5 rings (SSSR count). The summed E-state index contributed by atoms with van der Waals surface area (Å²) >= 11 is 16.9. The summed E-state index contributed by atoms with van der Waals surface area (Å²) in [6.45, 7) is 0.377. The first-order valence-electron chi connectivity index (χ1n) is 22.3. The average Bonchev–Trinajstić information content (AvgIpc) is 3.80. The van der Waals surface area contributed by atoms with E-state index >= 15 is 0 Å². The number of hydrogen-bond donors (Lipinski definition) is 0. The van der Waals surface area contributed by atoms with Gasteiger partial charge in [0.25, 0.3) is 10.1 Å². The molecule has 0 saturated carbocycles. The molecule has 0 aromatic heterocycles. The Kier molecular flexibility index (Phi) is 39.0. The molecule has 78 heavy (non-hydrogen) atoms. The molecule has 1 saturated heterocycles. The average molecular weight is 1320 g/mol. The second-order valence-corrected chi connectivity index (χ2v) is 28.2. The van der Waals surface area contributed by atoms with Crippen molar-refractivity contribution in [2.24, 2.45) is 0 Å². The number of thioether (sulfide) groups is 1. The molecular formula is C46H64Cl2F8Na2O12S4Si4. The Morgan fingerprint density at radius 1 is 0.615 bits per heavy atom. The van der Waals surface area contributed by atoms with Crippen molar-refractivity contribution in [3.05, 3.63) is 128 Å². The normalized spacial score (nSPS) is 13.8. The zero-order valence-electron chi connectivity index (χ0n) is 43.0.